The van der Waals surface area contributed by atoms with Crippen LogP contribution in [0.15, 0.2) is 78.9 Å². The Morgan fingerprint density at radius 1 is 0.824 bits per heavy atom. The largest absolute Gasteiger partial charge is 0.493 e. The summed E-state index contributed by atoms with van der Waals surface area (Å²) in [4.78, 5) is 12.8. The van der Waals surface area contributed by atoms with Crippen molar-refractivity contribution in [2.75, 3.05) is 25.1 Å². The summed E-state index contributed by atoms with van der Waals surface area (Å²) >= 11 is 5.34. The standard InChI is InChI=1S/C27H30N2O4S/c1-20(2)15-16-33-25-14-7-6-13-24(25)26(30)29-27(34)28-21-9-8-12-23(19-21)32-18-17-31-22-10-4-3-5-11-22/h3-14,19-20H,15-18H2,1-2H3,(H2,28,29,30,34). The van der Waals surface area contributed by atoms with Gasteiger partial charge in [0.2, 0.25) is 0 Å². The molecule has 7 heteroatoms. The maximum absolute atomic E-state index is 12.8. The molecule has 0 saturated heterocycles. The molecule has 178 valence electrons. The van der Waals surface area contributed by atoms with Crippen molar-refractivity contribution in [3.8, 4) is 17.2 Å². The van der Waals surface area contributed by atoms with Gasteiger partial charge in [-0.25, -0.2) is 0 Å². The van der Waals surface area contributed by atoms with Crippen LogP contribution in [-0.4, -0.2) is 30.8 Å². The zero-order valence-electron chi connectivity index (χ0n) is 19.5. The fourth-order valence-electron chi connectivity index (χ4n) is 3.02. The molecule has 0 saturated carbocycles. The summed E-state index contributed by atoms with van der Waals surface area (Å²) in [6.45, 7) is 5.63. The first-order chi connectivity index (χ1) is 16.5. The molecule has 2 N–H and O–H groups in total. The lowest BCUT2D eigenvalue weighted by Gasteiger charge is -2.14. The first-order valence-corrected chi connectivity index (χ1v) is 11.7. The SMILES string of the molecule is CC(C)CCOc1ccccc1C(=O)NC(=S)Nc1cccc(OCCOc2ccccc2)c1. The van der Waals surface area contributed by atoms with Crippen molar-refractivity contribution in [1.29, 1.82) is 0 Å². The molecule has 0 aliphatic rings. The second kappa shape index (κ2) is 13.2. The number of anilines is 1. The van der Waals surface area contributed by atoms with Crippen LogP contribution in [0.4, 0.5) is 5.69 Å². The fraction of sp³-hybridized carbons (Fsp3) is 0.259. The molecule has 3 aromatic rings. The Kier molecular flexibility index (Phi) is 9.73. The molecule has 34 heavy (non-hydrogen) atoms. The van der Waals surface area contributed by atoms with Crippen LogP contribution in [0.2, 0.25) is 0 Å². The van der Waals surface area contributed by atoms with E-state index in [1.54, 1.807) is 18.2 Å². The Bertz CT molecular complexity index is 1070. The van der Waals surface area contributed by atoms with E-state index in [1.165, 1.54) is 0 Å². The fourth-order valence-corrected chi connectivity index (χ4v) is 3.23. The van der Waals surface area contributed by atoms with Gasteiger partial charge < -0.3 is 19.5 Å². The van der Waals surface area contributed by atoms with E-state index in [-0.39, 0.29) is 11.0 Å². The van der Waals surface area contributed by atoms with E-state index in [1.807, 2.05) is 60.7 Å². The van der Waals surface area contributed by atoms with Gasteiger partial charge in [-0.3, -0.25) is 10.1 Å². The summed E-state index contributed by atoms with van der Waals surface area (Å²) in [6.07, 6.45) is 0.909. The zero-order valence-corrected chi connectivity index (χ0v) is 20.3. The molecule has 0 atom stereocenters. The lowest BCUT2D eigenvalue weighted by atomic mass is 10.1. The highest BCUT2D eigenvalue weighted by molar-refractivity contribution is 7.80. The zero-order chi connectivity index (χ0) is 24.2. The van der Waals surface area contributed by atoms with E-state index >= 15 is 0 Å². The van der Waals surface area contributed by atoms with Crippen LogP contribution in [0, 0.1) is 5.92 Å². The monoisotopic (exact) mass is 478 g/mol. The van der Waals surface area contributed by atoms with Gasteiger partial charge in [0.05, 0.1) is 12.2 Å². The van der Waals surface area contributed by atoms with Crippen molar-refractivity contribution in [2.24, 2.45) is 5.92 Å². The molecule has 0 spiro atoms. The average Bonchev–Trinajstić information content (AvgIpc) is 2.83. The Labute approximate surface area is 206 Å². The third kappa shape index (κ3) is 8.41. The second-order valence-corrected chi connectivity index (χ2v) is 8.38. The van der Waals surface area contributed by atoms with Crippen LogP contribution in [0.3, 0.4) is 0 Å². The molecule has 3 rings (SSSR count). The summed E-state index contributed by atoms with van der Waals surface area (Å²) in [5.74, 6) is 2.20. The van der Waals surface area contributed by atoms with Crippen LogP contribution >= 0.6 is 12.2 Å². The predicted molar refractivity (Wildman–Crippen MR) is 139 cm³/mol. The van der Waals surface area contributed by atoms with Gasteiger partial charge in [0.1, 0.15) is 30.5 Å². The van der Waals surface area contributed by atoms with Crippen molar-refractivity contribution < 1.29 is 19.0 Å². The molecule has 0 aromatic heterocycles. The van der Waals surface area contributed by atoms with Gasteiger partial charge in [0, 0.05) is 11.8 Å². The van der Waals surface area contributed by atoms with Crippen LogP contribution in [0.5, 0.6) is 17.2 Å². The molecule has 6 nitrogen and oxygen atoms in total. The van der Waals surface area contributed by atoms with E-state index in [0.717, 1.165) is 12.2 Å². The van der Waals surface area contributed by atoms with Crippen molar-refractivity contribution in [3.05, 3.63) is 84.4 Å². The number of thiocarbonyl (C=S) groups is 1. The number of carbonyl (C=O) groups excluding carboxylic acids is 1. The minimum Gasteiger partial charge on any atom is -0.493 e. The molecule has 0 unspecified atom stereocenters. The molecular weight excluding hydrogens is 448 g/mol. The molecule has 1 amide bonds. The second-order valence-electron chi connectivity index (χ2n) is 7.97. The number of amides is 1. The number of benzene rings is 3. The quantitative estimate of drug-likeness (QED) is 0.272. The molecule has 0 radical (unpaired) electrons. The maximum Gasteiger partial charge on any atom is 0.261 e. The number of rotatable bonds is 11. The molecule has 3 aromatic carbocycles. The van der Waals surface area contributed by atoms with Crippen molar-refractivity contribution >= 4 is 28.9 Å². The van der Waals surface area contributed by atoms with Crippen molar-refractivity contribution in [2.45, 2.75) is 20.3 Å². The highest BCUT2D eigenvalue weighted by atomic mass is 32.1. The summed E-state index contributed by atoms with van der Waals surface area (Å²) in [6, 6.07) is 24.1. The summed E-state index contributed by atoms with van der Waals surface area (Å²) in [7, 11) is 0. The molecule has 0 aliphatic heterocycles. The Morgan fingerprint density at radius 3 is 2.26 bits per heavy atom. The lowest BCUT2D eigenvalue weighted by Crippen LogP contribution is -2.34. The van der Waals surface area contributed by atoms with Crippen LogP contribution in [-0.2, 0) is 0 Å². The van der Waals surface area contributed by atoms with Crippen LogP contribution in [0.1, 0.15) is 30.6 Å². The van der Waals surface area contributed by atoms with E-state index in [2.05, 4.69) is 24.5 Å². The van der Waals surface area contributed by atoms with E-state index < -0.39 is 0 Å². The third-order valence-corrected chi connectivity index (χ3v) is 4.97. The Hall–Kier alpha value is -3.58. The van der Waals surface area contributed by atoms with Gasteiger partial charge in [-0.15, -0.1) is 0 Å². The number of hydrogen-bond acceptors (Lipinski definition) is 5. The van der Waals surface area contributed by atoms with Gasteiger partial charge in [0.25, 0.3) is 5.91 Å². The normalized spacial score (nSPS) is 10.4. The molecule has 0 aliphatic carbocycles. The van der Waals surface area contributed by atoms with Gasteiger partial charge in [0.15, 0.2) is 5.11 Å². The van der Waals surface area contributed by atoms with E-state index in [4.69, 9.17) is 26.4 Å². The number of carbonyl (C=O) groups is 1. The minimum atomic E-state index is -0.330. The Morgan fingerprint density at radius 2 is 1.50 bits per heavy atom. The summed E-state index contributed by atoms with van der Waals surface area (Å²) in [5.41, 5.74) is 1.14. The summed E-state index contributed by atoms with van der Waals surface area (Å²) < 4.78 is 17.2. The number of nitrogens with one attached hydrogen (secondary N) is 2. The highest BCUT2D eigenvalue weighted by Gasteiger charge is 2.14. The van der Waals surface area contributed by atoms with Gasteiger partial charge >= 0.3 is 0 Å². The van der Waals surface area contributed by atoms with Crippen LogP contribution < -0.4 is 24.8 Å². The topological polar surface area (TPSA) is 68.8 Å². The first kappa shape index (κ1) is 25.1. The number of ether oxygens (including phenoxy) is 3. The highest BCUT2D eigenvalue weighted by Crippen LogP contribution is 2.20. The van der Waals surface area contributed by atoms with Crippen LogP contribution in [0.25, 0.3) is 0 Å². The maximum atomic E-state index is 12.8. The predicted octanol–water partition coefficient (Wildman–Crippen LogP) is 5.70. The van der Waals surface area contributed by atoms with E-state index in [0.29, 0.717) is 48.5 Å². The lowest BCUT2D eigenvalue weighted by molar-refractivity contribution is 0.0973. The van der Waals surface area contributed by atoms with Crippen molar-refractivity contribution in [1.82, 2.24) is 5.32 Å². The van der Waals surface area contributed by atoms with Crippen molar-refractivity contribution in [3.63, 3.8) is 0 Å². The number of para-hydroxylation sites is 2. The third-order valence-electron chi connectivity index (χ3n) is 4.77. The molecule has 0 bridgehead atoms. The molecule has 0 fully saturated rings. The molecule has 0 heterocycles. The summed E-state index contributed by atoms with van der Waals surface area (Å²) in [5, 5.41) is 5.93. The molecular formula is C27H30N2O4S. The van der Waals surface area contributed by atoms with E-state index in [9.17, 15) is 4.79 Å². The number of hydrogen-bond donors (Lipinski definition) is 2. The first-order valence-electron chi connectivity index (χ1n) is 11.3. The smallest absolute Gasteiger partial charge is 0.261 e. The van der Waals surface area contributed by atoms with Gasteiger partial charge in [-0.05, 0) is 61.0 Å². The van der Waals surface area contributed by atoms with Gasteiger partial charge in [-0.1, -0.05) is 50.2 Å². The van der Waals surface area contributed by atoms with Gasteiger partial charge in [-0.2, -0.15) is 0 Å². The average molecular weight is 479 g/mol. The minimum absolute atomic E-state index is 0.187. The Balaban J connectivity index is 1.49.